The number of carbonyl (C=O) groups is 3. The quantitative estimate of drug-likeness (QED) is 0.550. The zero-order chi connectivity index (χ0) is 25.1. The van der Waals surface area contributed by atoms with Crippen molar-refractivity contribution in [3.8, 4) is 0 Å². The highest BCUT2D eigenvalue weighted by atomic mass is 35.5. The number of likely N-dealkylation sites (N-methyl/N-ethyl adjacent to an activating group) is 1. The molecule has 1 aromatic rings. The summed E-state index contributed by atoms with van der Waals surface area (Å²) in [4.78, 5) is 44.8. The van der Waals surface area contributed by atoms with Crippen LogP contribution in [-0.2, 0) is 14.3 Å². The summed E-state index contributed by atoms with van der Waals surface area (Å²) in [5.74, 6) is -0.0518. The average Bonchev–Trinajstić information content (AvgIpc) is 3.68. The third kappa shape index (κ3) is 5.60. The van der Waals surface area contributed by atoms with Crippen molar-refractivity contribution in [2.24, 2.45) is 5.92 Å². The molecule has 3 aliphatic rings. The second kappa shape index (κ2) is 11.2. The van der Waals surface area contributed by atoms with Crippen molar-refractivity contribution in [2.75, 3.05) is 45.9 Å². The maximum Gasteiger partial charge on any atom is 0.338 e. The van der Waals surface area contributed by atoms with Gasteiger partial charge in [0.05, 0.1) is 28.3 Å². The van der Waals surface area contributed by atoms with Gasteiger partial charge in [-0.2, -0.15) is 0 Å². The molecule has 0 radical (unpaired) electrons. The Hall–Kier alpha value is -2.29. The smallest absolute Gasteiger partial charge is 0.338 e. The highest BCUT2D eigenvalue weighted by molar-refractivity contribution is 6.42. The molecule has 0 aromatic heterocycles. The molecule has 8 nitrogen and oxygen atoms in total. The molecule has 4 rings (SSSR count). The van der Waals surface area contributed by atoms with Crippen LogP contribution >= 0.6 is 23.2 Å². The molecule has 0 spiro atoms. The van der Waals surface area contributed by atoms with Crippen LogP contribution in [0.4, 0.5) is 4.79 Å². The Morgan fingerprint density at radius 1 is 1.11 bits per heavy atom. The lowest BCUT2D eigenvalue weighted by Gasteiger charge is -2.38. The average molecular weight is 523 g/mol. The Labute approximate surface area is 216 Å². The van der Waals surface area contributed by atoms with Crippen LogP contribution in [0, 0.1) is 5.92 Å². The molecule has 2 fully saturated rings. The largest absolute Gasteiger partial charge is 0.463 e. The van der Waals surface area contributed by atoms with Crippen LogP contribution in [0.1, 0.15) is 44.7 Å². The minimum atomic E-state index is -0.787. The number of ether oxygens (including phenoxy) is 1. The predicted molar refractivity (Wildman–Crippen MR) is 134 cm³/mol. The number of hydrogen-bond acceptors (Lipinski definition) is 5. The van der Waals surface area contributed by atoms with E-state index in [1.54, 1.807) is 30.0 Å². The van der Waals surface area contributed by atoms with Gasteiger partial charge in [0, 0.05) is 50.9 Å². The van der Waals surface area contributed by atoms with E-state index in [0.29, 0.717) is 48.0 Å². The molecule has 1 saturated carbocycles. The minimum Gasteiger partial charge on any atom is -0.463 e. The van der Waals surface area contributed by atoms with Crippen molar-refractivity contribution in [3.63, 3.8) is 0 Å². The highest BCUT2D eigenvalue weighted by Crippen LogP contribution is 2.38. The van der Waals surface area contributed by atoms with E-state index >= 15 is 0 Å². The van der Waals surface area contributed by atoms with Gasteiger partial charge in [0.25, 0.3) is 0 Å². The second-order valence-corrected chi connectivity index (χ2v) is 9.87. The topological polar surface area (TPSA) is 82.2 Å². The normalized spacial score (nSPS) is 21.6. The van der Waals surface area contributed by atoms with Crippen molar-refractivity contribution in [1.82, 2.24) is 20.0 Å². The molecule has 1 unspecified atom stereocenters. The number of esters is 1. The Balaban J connectivity index is 1.68. The molecule has 1 N–H and O–H groups in total. The molecule has 190 valence electrons. The monoisotopic (exact) mass is 522 g/mol. The predicted octanol–water partition coefficient (Wildman–Crippen LogP) is 3.84. The van der Waals surface area contributed by atoms with Crippen LogP contribution in [-0.4, -0.2) is 78.5 Å². The molecular weight excluding hydrogens is 491 g/mol. The van der Waals surface area contributed by atoms with Crippen molar-refractivity contribution >= 4 is 41.1 Å². The summed E-state index contributed by atoms with van der Waals surface area (Å²) in [5, 5.41) is 3.55. The van der Waals surface area contributed by atoms with Crippen LogP contribution in [0.2, 0.25) is 10.0 Å². The maximum absolute atomic E-state index is 13.3. The van der Waals surface area contributed by atoms with E-state index < -0.39 is 12.0 Å². The number of halogens is 2. The van der Waals surface area contributed by atoms with Crippen LogP contribution < -0.4 is 5.32 Å². The van der Waals surface area contributed by atoms with E-state index in [1.807, 2.05) is 11.8 Å². The lowest BCUT2D eigenvalue weighted by atomic mass is 9.94. The summed E-state index contributed by atoms with van der Waals surface area (Å²) in [6.45, 7) is 7.39. The van der Waals surface area contributed by atoms with Crippen molar-refractivity contribution < 1.29 is 19.1 Å². The van der Waals surface area contributed by atoms with Crippen molar-refractivity contribution in [1.29, 1.82) is 0 Å². The molecule has 3 amide bonds. The molecule has 35 heavy (non-hydrogen) atoms. The molecule has 1 atom stereocenters. The van der Waals surface area contributed by atoms with Gasteiger partial charge in [0.1, 0.15) is 0 Å². The van der Waals surface area contributed by atoms with Crippen LogP contribution in [0.25, 0.3) is 0 Å². The molecule has 1 aromatic carbocycles. The third-order valence-corrected chi connectivity index (χ3v) is 7.58. The first kappa shape index (κ1) is 25.8. The van der Waals surface area contributed by atoms with Gasteiger partial charge in [-0.25, -0.2) is 9.59 Å². The van der Waals surface area contributed by atoms with Gasteiger partial charge >= 0.3 is 12.0 Å². The number of nitrogens with zero attached hydrogens (tertiary/aromatic N) is 3. The van der Waals surface area contributed by atoms with Crippen LogP contribution in [0.5, 0.6) is 0 Å². The summed E-state index contributed by atoms with van der Waals surface area (Å²) < 4.78 is 5.43. The van der Waals surface area contributed by atoms with Gasteiger partial charge < -0.3 is 15.0 Å². The summed E-state index contributed by atoms with van der Waals surface area (Å²) in [7, 11) is 0. The van der Waals surface area contributed by atoms with Crippen molar-refractivity contribution in [2.45, 2.75) is 39.2 Å². The van der Waals surface area contributed by atoms with E-state index in [1.165, 1.54) is 0 Å². The van der Waals surface area contributed by atoms with Crippen molar-refractivity contribution in [3.05, 3.63) is 45.1 Å². The molecule has 1 aliphatic carbocycles. The lowest BCUT2D eigenvalue weighted by molar-refractivity contribution is -0.139. The first-order valence-corrected chi connectivity index (χ1v) is 13.0. The first-order chi connectivity index (χ1) is 16.8. The summed E-state index contributed by atoms with van der Waals surface area (Å²) in [5.41, 5.74) is 1.49. The fourth-order valence-electron chi connectivity index (χ4n) is 4.78. The zero-order valence-electron chi connectivity index (χ0n) is 20.2. The maximum atomic E-state index is 13.3. The first-order valence-electron chi connectivity index (χ1n) is 12.3. The Kier molecular flexibility index (Phi) is 8.24. The van der Waals surface area contributed by atoms with Crippen LogP contribution in [0.3, 0.4) is 0 Å². The van der Waals surface area contributed by atoms with Gasteiger partial charge in [-0.15, -0.1) is 0 Å². The molecule has 10 heteroatoms. The lowest BCUT2D eigenvalue weighted by Crippen LogP contribution is -2.51. The molecule has 0 bridgehead atoms. The van der Waals surface area contributed by atoms with Gasteiger partial charge in [-0.1, -0.05) is 35.3 Å². The van der Waals surface area contributed by atoms with Gasteiger partial charge in [0.2, 0.25) is 5.91 Å². The Morgan fingerprint density at radius 3 is 2.57 bits per heavy atom. The standard InChI is InChI=1S/C25H32Cl2N4O4/c1-3-31-19(15-29-11-6-12-30(14-13-29)23(32)16-9-10-16)20(24(33)35-4-2)22(28-25(31)34)17-7-5-8-18(26)21(17)27/h5,7-8,16,22H,3-4,6,9-15H2,1-2H3,(H,28,34). The van der Waals surface area contributed by atoms with E-state index in [2.05, 4.69) is 10.2 Å². The fraction of sp³-hybridized carbons (Fsp3) is 0.560. The van der Waals surface area contributed by atoms with Gasteiger partial charge in [-0.05, 0) is 44.7 Å². The number of nitrogens with one attached hydrogen (secondary N) is 1. The van der Waals surface area contributed by atoms with E-state index in [0.717, 1.165) is 32.4 Å². The zero-order valence-corrected chi connectivity index (χ0v) is 21.7. The number of amides is 3. The second-order valence-electron chi connectivity index (χ2n) is 9.08. The summed E-state index contributed by atoms with van der Waals surface area (Å²) in [6.07, 6.45) is 2.81. The number of urea groups is 1. The van der Waals surface area contributed by atoms with E-state index in [4.69, 9.17) is 27.9 Å². The molecule has 2 aliphatic heterocycles. The third-order valence-electron chi connectivity index (χ3n) is 6.74. The van der Waals surface area contributed by atoms with E-state index in [-0.39, 0.29) is 29.5 Å². The van der Waals surface area contributed by atoms with Gasteiger partial charge in [-0.3, -0.25) is 14.6 Å². The SMILES string of the molecule is CCOC(=O)C1=C(CN2CCCN(C(=O)C3CC3)CC2)N(CC)C(=O)NC1c1cccc(Cl)c1Cl. The number of carbonyl (C=O) groups excluding carboxylic acids is 3. The minimum absolute atomic E-state index is 0.195. The van der Waals surface area contributed by atoms with Crippen LogP contribution in [0.15, 0.2) is 29.5 Å². The Morgan fingerprint density at radius 2 is 1.89 bits per heavy atom. The van der Waals surface area contributed by atoms with E-state index in [9.17, 15) is 14.4 Å². The van der Waals surface area contributed by atoms with Gasteiger partial charge in [0.15, 0.2) is 0 Å². The number of hydrogen-bond donors (Lipinski definition) is 1. The summed E-state index contributed by atoms with van der Waals surface area (Å²) in [6, 6.07) is 4.06. The molecule has 1 saturated heterocycles. The Bertz CT molecular complexity index is 1030. The number of benzene rings is 1. The fourth-order valence-corrected chi connectivity index (χ4v) is 5.20. The summed E-state index contributed by atoms with van der Waals surface area (Å²) >= 11 is 12.8. The molecule has 2 heterocycles. The molecular formula is C25H32Cl2N4O4. The number of rotatable bonds is 7. The highest BCUT2D eigenvalue weighted by Gasteiger charge is 2.40.